The van der Waals surface area contributed by atoms with E-state index in [9.17, 15) is 18.8 Å². The third-order valence-electron chi connectivity index (χ3n) is 4.96. The Balaban J connectivity index is 1.84. The van der Waals surface area contributed by atoms with Crippen LogP contribution in [0.3, 0.4) is 0 Å². The highest BCUT2D eigenvalue weighted by molar-refractivity contribution is 5.93. The number of fused-ring (bicyclic) bond motifs is 1. The van der Waals surface area contributed by atoms with E-state index in [0.717, 1.165) is 22.8 Å². The average Bonchev–Trinajstić information content (AvgIpc) is 3.09. The van der Waals surface area contributed by atoms with Gasteiger partial charge in [0.15, 0.2) is 11.7 Å². The van der Waals surface area contributed by atoms with Gasteiger partial charge in [-0.15, -0.1) is 0 Å². The highest BCUT2D eigenvalue weighted by Gasteiger charge is 2.29. The number of hydrogen-bond acceptors (Lipinski definition) is 6. The topological polar surface area (TPSA) is 127 Å². The van der Waals surface area contributed by atoms with Crippen molar-refractivity contribution in [1.29, 1.82) is 0 Å². The van der Waals surface area contributed by atoms with Crippen LogP contribution < -0.4 is 16.6 Å². The summed E-state index contributed by atoms with van der Waals surface area (Å²) in [6.45, 7) is 7.28. The summed E-state index contributed by atoms with van der Waals surface area (Å²) in [6, 6.07) is 4.16. The first-order valence-electron chi connectivity index (χ1n) is 9.86. The number of carbonyl (C=O) groups excluding carboxylic acids is 2. The van der Waals surface area contributed by atoms with Crippen molar-refractivity contribution < 1.29 is 18.7 Å². The molecule has 2 aromatic rings. The average molecular weight is 428 g/mol. The quantitative estimate of drug-likeness (QED) is 0.643. The first-order valence-corrected chi connectivity index (χ1v) is 9.86. The summed E-state index contributed by atoms with van der Waals surface area (Å²) in [7, 11) is 0. The van der Waals surface area contributed by atoms with Gasteiger partial charge in [-0.05, 0) is 63.3 Å². The van der Waals surface area contributed by atoms with Gasteiger partial charge in [-0.3, -0.25) is 9.59 Å². The first kappa shape index (κ1) is 22.2. The summed E-state index contributed by atoms with van der Waals surface area (Å²) in [5.41, 5.74) is 6.80. The number of halogens is 1. The van der Waals surface area contributed by atoms with Gasteiger partial charge in [-0.1, -0.05) is 6.07 Å². The van der Waals surface area contributed by atoms with E-state index in [-0.39, 0.29) is 11.7 Å². The fraction of sp³-hybridized carbons (Fsp3) is 0.364. The van der Waals surface area contributed by atoms with E-state index in [2.05, 4.69) is 15.3 Å². The number of aromatic nitrogens is 2. The second-order valence-electron chi connectivity index (χ2n) is 8.37. The number of nitrogens with one attached hydrogen (secondary N) is 2. The zero-order valence-electron chi connectivity index (χ0n) is 17.8. The molecule has 9 heteroatoms. The van der Waals surface area contributed by atoms with Crippen molar-refractivity contribution in [3.05, 3.63) is 68.5 Å². The molecule has 1 aromatic heterocycles. The van der Waals surface area contributed by atoms with Crippen molar-refractivity contribution in [2.45, 2.75) is 52.2 Å². The van der Waals surface area contributed by atoms with Gasteiger partial charge in [-0.25, -0.2) is 14.2 Å². The predicted molar refractivity (Wildman–Crippen MR) is 113 cm³/mol. The van der Waals surface area contributed by atoms with Crippen molar-refractivity contribution in [3.8, 4) is 0 Å². The van der Waals surface area contributed by atoms with Gasteiger partial charge in [-0.2, -0.15) is 0 Å². The highest BCUT2D eigenvalue weighted by atomic mass is 19.1. The Hall–Kier alpha value is -3.49. The molecule has 1 aliphatic rings. The molecule has 4 N–H and O–H groups in total. The van der Waals surface area contributed by atoms with E-state index in [4.69, 9.17) is 10.5 Å². The normalized spacial score (nSPS) is 16.0. The maximum Gasteiger partial charge on any atom is 0.338 e. The number of esters is 1. The molecule has 1 aliphatic carbocycles. The Labute approximate surface area is 178 Å². The second kappa shape index (κ2) is 8.33. The molecule has 31 heavy (non-hydrogen) atoms. The summed E-state index contributed by atoms with van der Waals surface area (Å²) in [4.78, 5) is 43.0. The van der Waals surface area contributed by atoms with Crippen LogP contribution in [0.4, 0.5) is 4.39 Å². The van der Waals surface area contributed by atoms with E-state index in [1.807, 2.05) is 27.7 Å². The number of ether oxygens (including phenoxy) is 1. The zero-order chi connectivity index (χ0) is 22.9. The molecule has 0 bridgehead atoms. The SMILES string of the molecule is Cc1c(C(=O)OC(C)(C)C)ccc2c1CCC2NC(=O)c1cc(=O)[nH]c(/C(F)=C\N)n1. The number of carbonyl (C=O) groups is 2. The Bertz CT molecular complexity index is 1130. The number of H-pyrrole nitrogens is 1. The number of nitrogens with zero attached hydrogens (tertiary/aromatic N) is 1. The molecule has 0 aliphatic heterocycles. The van der Waals surface area contributed by atoms with Crippen molar-refractivity contribution in [2.75, 3.05) is 0 Å². The zero-order valence-corrected chi connectivity index (χ0v) is 17.8. The maximum atomic E-state index is 13.7. The Morgan fingerprint density at radius 1 is 1.35 bits per heavy atom. The number of nitrogens with two attached hydrogens (primary N) is 1. The van der Waals surface area contributed by atoms with Crippen LogP contribution in [0.15, 0.2) is 29.2 Å². The fourth-order valence-corrected chi connectivity index (χ4v) is 3.58. The van der Waals surface area contributed by atoms with Crippen LogP contribution in [0.25, 0.3) is 5.83 Å². The molecule has 3 rings (SSSR count). The number of hydrogen-bond donors (Lipinski definition) is 3. The van der Waals surface area contributed by atoms with E-state index in [0.29, 0.717) is 24.6 Å². The maximum absolute atomic E-state index is 13.7. The number of rotatable bonds is 4. The molecule has 164 valence electrons. The van der Waals surface area contributed by atoms with Crippen molar-refractivity contribution >= 4 is 17.7 Å². The number of aromatic amines is 1. The number of amides is 1. The smallest absolute Gasteiger partial charge is 0.338 e. The van der Waals surface area contributed by atoms with Crippen LogP contribution in [0.5, 0.6) is 0 Å². The fourth-order valence-electron chi connectivity index (χ4n) is 3.58. The van der Waals surface area contributed by atoms with E-state index < -0.39 is 34.7 Å². The van der Waals surface area contributed by atoms with Gasteiger partial charge >= 0.3 is 5.97 Å². The van der Waals surface area contributed by atoms with Gasteiger partial charge in [0.2, 0.25) is 0 Å². The Kier molecular flexibility index (Phi) is 5.97. The lowest BCUT2D eigenvalue weighted by Gasteiger charge is -2.21. The minimum Gasteiger partial charge on any atom is -0.456 e. The Morgan fingerprint density at radius 3 is 2.71 bits per heavy atom. The number of benzene rings is 1. The molecule has 0 saturated heterocycles. The van der Waals surface area contributed by atoms with Gasteiger partial charge in [0, 0.05) is 12.3 Å². The highest BCUT2D eigenvalue weighted by Crippen LogP contribution is 2.35. The molecule has 1 aromatic carbocycles. The molecular formula is C22H25FN4O4. The van der Waals surface area contributed by atoms with Gasteiger partial charge in [0.25, 0.3) is 11.5 Å². The lowest BCUT2D eigenvalue weighted by Crippen LogP contribution is -2.29. The van der Waals surface area contributed by atoms with Crippen LogP contribution in [0, 0.1) is 6.92 Å². The molecular weight excluding hydrogens is 403 g/mol. The third-order valence-corrected chi connectivity index (χ3v) is 4.96. The van der Waals surface area contributed by atoms with E-state index in [1.54, 1.807) is 12.1 Å². The van der Waals surface area contributed by atoms with E-state index in [1.165, 1.54) is 0 Å². The van der Waals surface area contributed by atoms with Crippen molar-refractivity contribution in [1.82, 2.24) is 15.3 Å². The largest absolute Gasteiger partial charge is 0.456 e. The van der Waals surface area contributed by atoms with Crippen LogP contribution >= 0.6 is 0 Å². The molecule has 1 heterocycles. The summed E-state index contributed by atoms with van der Waals surface area (Å²) in [5.74, 6) is -2.35. The van der Waals surface area contributed by atoms with Gasteiger partial charge in [0.05, 0.1) is 11.6 Å². The molecule has 0 fully saturated rings. The molecule has 1 atom stereocenters. The third kappa shape index (κ3) is 4.82. The Morgan fingerprint density at radius 2 is 2.06 bits per heavy atom. The molecule has 0 spiro atoms. The first-order chi connectivity index (χ1) is 14.5. The lowest BCUT2D eigenvalue weighted by atomic mass is 9.97. The predicted octanol–water partition coefficient (Wildman–Crippen LogP) is 2.68. The standard InChI is InChI=1S/C22H25FN4O4/c1-11-12-7-8-16(14(12)6-5-13(11)21(30)31-22(2,3)4)26-20(29)17-9-18(28)27-19(25-17)15(23)10-24/h5-6,9-10,16H,7-8,24H2,1-4H3,(H,26,29)(H,25,27,28)/b15-10+. The van der Waals surface area contributed by atoms with Gasteiger partial charge in [0.1, 0.15) is 11.3 Å². The van der Waals surface area contributed by atoms with Crippen LogP contribution in [0.1, 0.15) is 76.6 Å². The molecule has 1 unspecified atom stereocenters. The molecule has 0 saturated carbocycles. The van der Waals surface area contributed by atoms with Crippen molar-refractivity contribution in [2.24, 2.45) is 5.73 Å². The second-order valence-corrected chi connectivity index (χ2v) is 8.37. The van der Waals surface area contributed by atoms with Gasteiger partial charge < -0.3 is 20.8 Å². The van der Waals surface area contributed by atoms with Crippen LogP contribution in [-0.2, 0) is 11.2 Å². The monoisotopic (exact) mass is 428 g/mol. The molecule has 8 nitrogen and oxygen atoms in total. The lowest BCUT2D eigenvalue weighted by molar-refractivity contribution is 0.00684. The minimum absolute atomic E-state index is 0.216. The minimum atomic E-state index is -0.941. The molecule has 0 radical (unpaired) electrons. The van der Waals surface area contributed by atoms with E-state index >= 15 is 0 Å². The molecule has 1 amide bonds. The summed E-state index contributed by atoms with van der Waals surface area (Å²) >= 11 is 0. The van der Waals surface area contributed by atoms with Crippen molar-refractivity contribution in [3.63, 3.8) is 0 Å². The van der Waals surface area contributed by atoms with Crippen LogP contribution in [-0.4, -0.2) is 27.4 Å². The summed E-state index contributed by atoms with van der Waals surface area (Å²) in [5, 5.41) is 2.83. The summed E-state index contributed by atoms with van der Waals surface area (Å²) in [6.07, 6.45) is 1.94. The van der Waals surface area contributed by atoms with Crippen LogP contribution in [0.2, 0.25) is 0 Å². The summed E-state index contributed by atoms with van der Waals surface area (Å²) < 4.78 is 19.1.